The molecule has 0 saturated carbocycles. The summed E-state index contributed by atoms with van der Waals surface area (Å²) in [6.45, 7) is 2.75. The zero-order valence-electron chi connectivity index (χ0n) is 9.71. The second-order valence-electron chi connectivity index (χ2n) is 4.04. The van der Waals surface area contributed by atoms with Crippen molar-refractivity contribution in [2.75, 3.05) is 20.8 Å². The average Bonchev–Trinajstić information content (AvgIpc) is 2.76. The molecule has 2 rings (SSSR count). The van der Waals surface area contributed by atoms with Gasteiger partial charge in [-0.25, -0.2) is 0 Å². The molecule has 3 atom stereocenters. The molecule has 92 valence electrons. The van der Waals surface area contributed by atoms with E-state index in [9.17, 15) is 4.57 Å². The molecule has 2 aliphatic heterocycles. The molecule has 1 fully saturated rings. The molecule has 0 N–H and O–H groups in total. The molecule has 0 aromatic carbocycles. The van der Waals surface area contributed by atoms with Crippen molar-refractivity contribution in [1.29, 1.82) is 0 Å². The number of allylic oxidation sites excluding steroid dienone is 1. The van der Waals surface area contributed by atoms with Crippen molar-refractivity contribution < 1.29 is 23.1 Å². The maximum Gasteiger partial charge on any atom is 0.394 e. The molecule has 16 heavy (non-hydrogen) atoms. The molecule has 0 aromatic heterocycles. The van der Waals surface area contributed by atoms with Crippen LogP contribution in [0.1, 0.15) is 13.3 Å². The summed E-state index contributed by atoms with van der Waals surface area (Å²) in [6.07, 6.45) is 2.48. The predicted octanol–water partition coefficient (Wildman–Crippen LogP) is 2.34. The lowest BCUT2D eigenvalue weighted by atomic mass is 9.91. The van der Waals surface area contributed by atoms with Crippen LogP contribution >= 0.6 is 7.60 Å². The Morgan fingerprint density at radius 2 is 2.12 bits per heavy atom. The van der Waals surface area contributed by atoms with Gasteiger partial charge in [-0.15, -0.1) is 0 Å². The second-order valence-corrected chi connectivity index (χ2v) is 6.20. The number of hydrogen-bond acceptors (Lipinski definition) is 5. The van der Waals surface area contributed by atoms with Gasteiger partial charge in [-0.3, -0.25) is 4.57 Å². The minimum Gasteiger partial charge on any atom is -0.456 e. The van der Waals surface area contributed by atoms with E-state index < -0.39 is 7.60 Å². The fraction of sp³-hybridized carbons (Fsp3) is 0.800. The van der Waals surface area contributed by atoms with Gasteiger partial charge in [0.05, 0.1) is 6.61 Å². The molecular weight excluding hydrogens is 231 g/mol. The predicted molar refractivity (Wildman–Crippen MR) is 57.8 cm³/mol. The van der Waals surface area contributed by atoms with Gasteiger partial charge < -0.3 is 18.5 Å². The highest BCUT2D eigenvalue weighted by Gasteiger charge is 2.43. The van der Waals surface area contributed by atoms with Crippen molar-refractivity contribution in [3.8, 4) is 0 Å². The summed E-state index contributed by atoms with van der Waals surface area (Å²) < 4.78 is 33.0. The highest BCUT2D eigenvalue weighted by atomic mass is 31.2. The lowest BCUT2D eigenvalue weighted by Gasteiger charge is -2.31. The van der Waals surface area contributed by atoms with Crippen LogP contribution in [-0.4, -0.2) is 27.1 Å². The smallest absolute Gasteiger partial charge is 0.394 e. The molecule has 2 aliphatic rings. The molecule has 0 unspecified atom stereocenters. The Balaban J connectivity index is 2.24. The van der Waals surface area contributed by atoms with Crippen LogP contribution in [0, 0.1) is 11.8 Å². The Bertz CT molecular complexity index is 332. The van der Waals surface area contributed by atoms with Gasteiger partial charge in [-0.05, 0) is 18.4 Å². The molecule has 0 amide bonds. The fourth-order valence-electron chi connectivity index (χ4n) is 2.13. The summed E-state index contributed by atoms with van der Waals surface area (Å²) in [6, 6.07) is 0. The quantitative estimate of drug-likeness (QED) is 0.717. The summed E-state index contributed by atoms with van der Waals surface area (Å²) in [7, 11) is -0.588. The first kappa shape index (κ1) is 12.1. The van der Waals surface area contributed by atoms with E-state index in [4.69, 9.17) is 18.5 Å². The number of ether oxygens (including phenoxy) is 2. The maximum absolute atomic E-state index is 12.1. The van der Waals surface area contributed by atoms with E-state index in [2.05, 4.69) is 6.92 Å². The van der Waals surface area contributed by atoms with E-state index >= 15 is 0 Å². The lowest BCUT2D eigenvalue weighted by Crippen LogP contribution is -2.29. The van der Waals surface area contributed by atoms with E-state index in [1.807, 2.05) is 6.08 Å². The van der Waals surface area contributed by atoms with Gasteiger partial charge in [0.2, 0.25) is 11.8 Å². The van der Waals surface area contributed by atoms with Crippen molar-refractivity contribution in [2.24, 2.45) is 11.8 Å². The van der Waals surface area contributed by atoms with Crippen LogP contribution in [0.5, 0.6) is 0 Å². The topological polar surface area (TPSA) is 54.0 Å². The van der Waals surface area contributed by atoms with Crippen molar-refractivity contribution in [3.63, 3.8) is 0 Å². The van der Waals surface area contributed by atoms with Crippen molar-refractivity contribution in [1.82, 2.24) is 0 Å². The SMILES string of the molecule is COP(=O)(OC)C1=C[C@@H](C)[C@H]2CCO[C@H]2O1. The zero-order chi connectivity index (χ0) is 11.8. The Morgan fingerprint density at radius 1 is 1.44 bits per heavy atom. The first-order valence-corrected chi connectivity index (χ1v) is 6.87. The first-order chi connectivity index (χ1) is 7.60. The molecular formula is C10H17O5P. The highest BCUT2D eigenvalue weighted by Crippen LogP contribution is 2.58. The summed E-state index contributed by atoms with van der Waals surface area (Å²) in [4.78, 5) is 0. The van der Waals surface area contributed by atoms with E-state index in [1.165, 1.54) is 14.2 Å². The molecule has 0 radical (unpaired) electrons. The third-order valence-corrected chi connectivity index (χ3v) is 4.91. The summed E-state index contributed by atoms with van der Waals surface area (Å²) in [5.41, 5.74) is 0.271. The van der Waals surface area contributed by atoms with Crippen molar-refractivity contribution in [3.05, 3.63) is 11.6 Å². The van der Waals surface area contributed by atoms with Crippen LogP contribution in [0.15, 0.2) is 11.6 Å². The van der Waals surface area contributed by atoms with Crippen LogP contribution in [-0.2, 0) is 23.1 Å². The van der Waals surface area contributed by atoms with Gasteiger partial charge in [0, 0.05) is 20.1 Å². The standard InChI is InChI=1S/C10H17O5P/c1-7-6-9(16(11,12-2)13-3)15-10-8(7)4-5-14-10/h6-8,10H,4-5H2,1-3H3/t7-,8-,10+/m1/s1. The van der Waals surface area contributed by atoms with Crippen LogP contribution in [0.4, 0.5) is 0 Å². The van der Waals surface area contributed by atoms with Crippen LogP contribution in [0.3, 0.4) is 0 Å². The van der Waals surface area contributed by atoms with Crippen LogP contribution in [0.25, 0.3) is 0 Å². The molecule has 2 heterocycles. The molecule has 5 nitrogen and oxygen atoms in total. The average molecular weight is 248 g/mol. The van der Waals surface area contributed by atoms with Gasteiger partial charge in [0.25, 0.3) is 0 Å². The molecule has 0 bridgehead atoms. The maximum atomic E-state index is 12.1. The normalized spacial score (nSPS) is 34.2. The Hall–Kier alpha value is -0.350. The Kier molecular flexibility index (Phi) is 3.40. The molecule has 0 spiro atoms. The molecule has 0 aliphatic carbocycles. The third kappa shape index (κ3) is 1.93. The first-order valence-electron chi connectivity index (χ1n) is 5.33. The summed E-state index contributed by atoms with van der Waals surface area (Å²) in [5, 5.41) is 0. The van der Waals surface area contributed by atoms with E-state index in [0.29, 0.717) is 12.5 Å². The molecule has 6 heteroatoms. The number of rotatable bonds is 3. The Morgan fingerprint density at radius 3 is 2.75 bits per heavy atom. The van der Waals surface area contributed by atoms with E-state index in [0.717, 1.165) is 6.42 Å². The lowest BCUT2D eigenvalue weighted by molar-refractivity contribution is -0.112. The van der Waals surface area contributed by atoms with E-state index in [-0.39, 0.29) is 17.7 Å². The fourth-order valence-corrected chi connectivity index (χ4v) is 3.29. The van der Waals surface area contributed by atoms with Gasteiger partial charge in [0.15, 0.2) is 0 Å². The minimum atomic E-state index is -3.28. The molecule has 0 aromatic rings. The monoisotopic (exact) mass is 248 g/mol. The van der Waals surface area contributed by atoms with Gasteiger partial charge in [-0.2, -0.15) is 0 Å². The van der Waals surface area contributed by atoms with Crippen molar-refractivity contribution >= 4 is 7.60 Å². The van der Waals surface area contributed by atoms with Crippen LogP contribution in [0.2, 0.25) is 0 Å². The molecule has 1 saturated heterocycles. The van der Waals surface area contributed by atoms with Gasteiger partial charge in [0.1, 0.15) is 0 Å². The number of fused-ring (bicyclic) bond motifs is 1. The Labute approximate surface area is 95.2 Å². The largest absolute Gasteiger partial charge is 0.456 e. The minimum absolute atomic E-state index is 0.259. The second kappa shape index (κ2) is 4.49. The van der Waals surface area contributed by atoms with E-state index in [1.54, 1.807) is 0 Å². The zero-order valence-corrected chi connectivity index (χ0v) is 10.6. The van der Waals surface area contributed by atoms with Crippen LogP contribution < -0.4 is 0 Å². The van der Waals surface area contributed by atoms with Gasteiger partial charge in [-0.1, -0.05) is 6.92 Å². The third-order valence-electron chi connectivity index (χ3n) is 3.15. The summed E-state index contributed by atoms with van der Waals surface area (Å²) in [5.74, 6) is 0.598. The van der Waals surface area contributed by atoms with Crippen molar-refractivity contribution in [2.45, 2.75) is 19.6 Å². The number of hydrogen-bond donors (Lipinski definition) is 0. The van der Waals surface area contributed by atoms with Gasteiger partial charge >= 0.3 is 7.60 Å². The summed E-state index contributed by atoms with van der Waals surface area (Å²) >= 11 is 0. The highest BCUT2D eigenvalue weighted by molar-refractivity contribution is 7.58.